The molecule has 0 aromatic heterocycles. The van der Waals surface area contributed by atoms with Gasteiger partial charge in [0.05, 0.1) is 0 Å². The standard InChI is InChI=1S/C10H8O.2C5H5.2Fe/c1-2-6-9(5-1)11-10-7-3-4-8-10;2*1-2-4-5-3-1;;/h1-8H;2*1-5H;;. The Bertz CT molecular complexity index is 1680. The molecule has 0 aromatic carbocycles. The van der Waals surface area contributed by atoms with Gasteiger partial charge in [-0.25, -0.2) is 0 Å². The molecule has 0 aromatic rings. The molecule has 0 saturated carbocycles. The van der Waals surface area contributed by atoms with Gasteiger partial charge in [-0.15, -0.1) is 0 Å². The van der Waals surface area contributed by atoms with Crippen LogP contribution in [0.25, 0.3) is 0 Å². The monoisotopic (exact) mass is 386 g/mol. The molecule has 0 radical (unpaired) electrons. The SMILES string of the molecule is O([C]12[CH]3[CH]4[CH]5[CH]1[Fe]45321678[CH]2[CH]1[CH]6[CH]7[CH]28)[C]12[CH]3[CH]4[CH]5[CH]1[Fe]45321678[CH]2[CH]1[CH]6[CH]7[CH]28. The van der Waals surface area contributed by atoms with Crippen LogP contribution < -0.4 is 0 Å². The minimum atomic E-state index is -2.96. The van der Waals surface area contributed by atoms with Crippen molar-refractivity contribution in [2.45, 2.75) is 95.7 Å². The van der Waals surface area contributed by atoms with Gasteiger partial charge < -0.3 is 0 Å². The van der Waals surface area contributed by atoms with E-state index in [-0.39, 0.29) is 0 Å². The Morgan fingerprint density at radius 1 is 0.391 bits per heavy atom. The Kier molecular flexibility index (Phi) is 0.133. The summed E-state index contributed by atoms with van der Waals surface area (Å²) in [5.41, 5.74) is 0. The summed E-state index contributed by atoms with van der Waals surface area (Å²) in [7, 11) is 0. The van der Waals surface area contributed by atoms with E-state index < -0.39 is 13.0 Å². The summed E-state index contributed by atoms with van der Waals surface area (Å²) in [5.74, 6) is 0. The van der Waals surface area contributed by atoms with Crippen molar-refractivity contribution in [3.63, 3.8) is 0 Å². The van der Waals surface area contributed by atoms with Crippen LogP contribution in [0.2, 0.25) is 86.7 Å². The summed E-state index contributed by atoms with van der Waals surface area (Å²) in [4.78, 5) is 26.6. The van der Waals surface area contributed by atoms with Crippen LogP contribution in [-0.4, -0.2) is 9.00 Å². The van der Waals surface area contributed by atoms with Gasteiger partial charge in [0.15, 0.2) is 0 Å². The van der Waals surface area contributed by atoms with Crippen molar-refractivity contribution in [3.8, 4) is 0 Å². The van der Waals surface area contributed by atoms with Crippen LogP contribution in [0.3, 0.4) is 0 Å². The van der Waals surface area contributed by atoms with Crippen molar-refractivity contribution in [1.82, 2.24) is 0 Å². The second-order valence-corrected chi connectivity index (χ2v) is 66.3. The maximum atomic E-state index is 8.19. The fourth-order valence-electron chi connectivity index (χ4n) is 32.7. The molecule has 20 fully saturated rings. The van der Waals surface area contributed by atoms with Gasteiger partial charge in [-0.3, -0.25) is 0 Å². The van der Waals surface area contributed by atoms with Crippen LogP contribution in [0.1, 0.15) is 0 Å². The van der Waals surface area contributed by atoms with Crippen molar-refractivity contribution in [3.05, 3.63) is 0 Å². The molecule has 1 nitrogen and oxygen atoms in total. The molecule has 0 amide bonds. The van der Waals surface area contributed by atoms with Gasteiger partial charge in [0, 0.05) is 0 Å². The average Bonchev–Trinajstić information content (AvgIpc) is 3.44. The summed E-state index contributed by atoms with van der Waals surface area (Å²) in [6.45, 7) is -5.92. The van der Waals surface area contributed by atoms with Crippen LogP contribution in [0.15, 0.2) is 0 Å². The molecular weight excluding hydrogens is 368 g/mol. The van der Waals surface area contributed by atoms with E-state index in [1.807, 2.05) is 0 Å². The second-order valence-electron chi connectivity index (χ2n) is 19.3. The van der Waals surface area contributed by atoms with E-state index in [0.29, 0.717) is 0 Å². The van der Waals surface area contributed by atoms with Crippen molar-refractivity contribution in [2.24, 2.45) is 0 Å². The van der Waals surface area contributed by atoms with Crippen LogP contribution in [-0.2, 0) is 17.8 Å². The zero-order valence-corrected chi connectivity index (χ0v) is 14.7. The normalized spacial score (nSPS) is 171. The minimum absolute atomic E-state index is 0.844. The number of ether oxygens (including phenoxy) is 1. The van der Waals surface area contributed by atoms with E-state index in [1.54, 1.807) is 0 Å². The number of hydrogen-bond donors (Lipinski definition) is 0. The maximum absolute atomic E-state index is 8.19. The van der Waals surface area contributed by atoms with Gasteiger partial charge in [0.2, 0.25) is 0 Å². The quantitative estimate of drug-likeness (QED) is 0.562. The van der Waals surface area contributed by atoms with E-state index in [0.717, 1.165) is 9.00 Å². The number of rotatable bonds is 2. The third-order valence-corrected chi connectivity index (χ3v) is 113. The zero-order valence-electron chi connectivity index (χ0n) is 12.5. The van der Waals surface area contributed by atoms with Crippen LogP contribution in [0, 0.1) is 0 Å². The predicted octanol–water partition coefficient (Wildman–Crippen LogP) is 5.60. The van der Waals surface area contributed by atoms with Crippen molar-refractivity contribution in [2.75, 3.05) is 0 Å². The van der Waals surface area contributed by atoms with Gasteiger partial charge in [0.25, 0.3) is 0 Å². The molecule has 3 heteroatoms. The first-order valence-corrected chi connectivity index (χ1v) is 23.5. The third-order valence-electron chi connectivity index (χ3n) is 29.4. The molecule has 8 atom stereocenters. The number of hydrogen-bond acceptors (Lipinski definition) is 1. The molecule has 20 aliphatic rings. The van der Waals surface area contributed by atoms with E-state index in [9.17, 15) is 0 Å². The van der Waals surface area contributed by atoms with Crippen molar-refractivity contribution < 1.29 is 17.8 Å². The molecule has 0 N–H and O–H groups in total. The summed E-state index contributed by atoms with van der Waals surface area (Å²) in [6, 6.07) is 0. The first-order valence-electron chi connectivity index (χ1n) is 10.9. The van der Waals surface area contributed by atoms with Crippen LogP contribution >= 0.6 is 0 Å². The zero-order chi connectivity index (χ0) is 12.7. The molecule has 0 aliphatic carbocycles. The number of fused-ring (bicyclic) bond motifs is 20. The summed E-state index contributed by atoms with van der Waals surface area (Å²) in [6.07, 6.45) is 0. The van der Waals surface area contributed by atoms with Gasteiger partial charge in [-0.1, -0.05) is 0 Å². The summed E-state index contributed by atoms with van der Waals surface area (Å²) >= 11 is 0. The summed E-state index contributed by atoms with van der Waals surface area (Å²) < 4.78 is 9.88. The van der Waals surface area contributed by atoms with Gasteiger partial charge in [-0.2, -0.15) is 0 Å². The van der Waals surface area contributed by atoms with E-state index in [1.165, 1.54) is 86.7 Å². The Morgan fingerprint density at radius 2 is 0.652 bits per heavy atom. The Hall–Kier alpha value is 0.999. The van der Waals surface area contributed by atoms with Crippen molar-refractivity contribution >= 4 is 0 Å². The molecule has 20 saturated heterocycles. The van der Waals surface area contributed by atoms with E-state index >= 15 is 0 Å². The molecule has 23 heavy (non-hydrogen) atoms. The topological polar surface area (TPSA) is 9.23 Å². The molecule has 0 bridgehead atoms. The molecule has 20 aliphatic heterocycles. The molecule has 120 valence electrons. The fraction of sp³-hybridized carbons (Fsp3) is 1.00. The average molecular weight is 386 g/mol. The third kappa shape index (κ3) is 0.0541. The first-order chi connectivity index (χ1) is 10.8. The second kappa shape index (κ2) is 0.446. The van der Waals surface area contributed by atoms with Gasteiger partial charge in [-0.05, 0) is 0 Å². The Labute approximate surface area is 113 Å². The molecule has 2 spiro atoms. The summed E-state index contributed by atoms with van der Waals surface area (Å²) in [5, 5.41) is 0. The van der Waals surface area contributed by atoms with Crippen LogP contribution in [0.4, 0.5) is 0 Å². The first kappa shape index (κ1) is 6.87. The van der Waals surface area contributed by atoms with Crippen molar-refractivity contribution in [1.29, 1.82) is 0 Å². The molecular formula is C20H18Fe2O. The Balaban J connectivity index is 1.19. The predicted molar refractivity (Wildman–Crippen MR) is 74.0 cm³/mol. The molecule has 20 heterocycles. The van der Waals surface area contributed by atoms with Gasteiger partial charge in [0.1, 0.15) is 0 Å². The van der Waals surface area contributed by atoms with Crippen LogP contribution in [0.5, 0.6) is 0 Å². The van der Waals surface area contributed by atoms with E-state index in [4.69, 9.17) is 4.74 Å². The Morgan fingerprint density at radius 3 is 0.783 bits per heavy atom. The molecule has 8 unspecified atom stereocenters. The van der Waals surface area contributed by atoms with Gasteiger partial charge >= 0.3 is 113 Å². The van der Waals surface area contributed by atoms with E-state index in [2.05, 4.69) is 0 Å². The fourth-order valence-corrected chi connectivity index (χ4v) is 177. The molecule has 20 rings (SSSR count).